The summed E-state index contributed by atoms with van der Waals surface area (Å²) in [5, 5.41) is 0. The van der Waals surface area contributed by atoms with Gasteiger partial charge in [0.05, 0.1) is 29.0 Å². The zero-order valence-electron chi connectivity index (χ0n) is 19.6. The second kappa shape index (κ2) is 9.42. The lowest BCUT2D eigenvalue weighted by atomic mass is 9.95. The molecule has 0 radical (unpaired) electrons. The SMILES string of the molecule is CCOC(=O)C1=C(C)N=c2sc(=Cc3ccc4c(c3)OCO4)c(=O)n2C1c1ccccc1OCC. The molecular formula is C26H24N2O6S. The second-order valence-electron chi connectivity index (χ2n) is 7.89. The number of rotatable bonds is 6. The highest BCUT2D eigenvalue weighted by Crippen LogP contribution is 2.36. The lowest BCUT2D eigenvalue weighted by Gasteiger charge is -2.26. The molecule has 2 aliphatic rings. The summed E-state index contributed by atoms with van der Waals surface area (Å²) < 4.78 is 24.1. The minimum absolute atomic E-state index is 0.177. The number of fused-ring (bicyclic) bond motifs is 2. The molecule has 2 aliphatic heterocycles. The van der Waals surface area contributed by atoms with Crippen LogP contribution in [0.5, 0.6) is 17.2 Å². The Morgan fingerprint density at radius 1 is 1.17 bits per heavy atom. The third kappa shape index (κ3) is 4.12. The smallest absolute Gasteiger partial charge is 0.338 e. The van der Waals surface area contributed by atoms with Crippen LogP contribution in [0.2, 0.25) is 0 Å². The van der Waals surface area contributed by atoms with Gasteiger partial charge in [-0.05, 0) is 50.6 Å². The van der Waals surface area contributed by atoms with Crippen molar-refractivity contribution in [2.75, 3.05) is 20.0 Å². The summed E-state index contributed by atoms with van der Waals surface area (Å²) in [6.45, 7) is 6.23. The van der Waals surface area contributed by atoms with Gasteiger partial charge in [0.25, 0.3) is 5.56 Å². The molecule has 0 N–H and O–H groups in total. The van der Waals surface area contributed by atoms with Gasteiger partial charge in [-0.2, -0.15) is 0 Å². The number of allylic oxidation sites excluding steroid dienone is 1. The molecule has 0 saturated carbocycles. The summed E-state index contributed by atoms with van der Waals surface area (Å²) in [5.74, 6) is 1.40. The van der Waals surface area contributed by atoms with Gasteiger partial charge < -0.3 is 18.9 Å². The monoisotopic (exact) mass is 492 g/mol. The predicted molar refractivity (Wildman–Crippen MR) is 131 cm³/mol. The summed E-state index contributed by atoms with van der Waals surface area (Å²) in [7, 11) is 0. The number of ether oxygens (including phenoxy) is 4. The van der Waals surface area contributed by atoms with E-state index in [4.69, 9.17) is 18.9 Å². The van der Waals surface area contributed by atoms with E-state index in [2.05, 4.69) is 4.99 Å². The normalized spacial score (nSPS) is 16.7. The quantitative estimate of drug-likeness (QED) is 0.492. The molecule has 2 aromatic carbocycles. The summed E-state index contributed by atoms with van der Waals surface area (Å²) in [5.41, 5.74) is 2.07. The van der Waals surface area contributed by atoms with E-state index in [-0.39, 0.29) is 19.0 Å². The summed E-state index contributed by atoms with van der Waals surface area (Å²) in [4.78, 5) is 31.9. The van der Waals surface area contributed by atoms with Crippen LogP contribution in [0.3, 0.4) is 0 Å². The van der Waals surface area contributed by atoms with Crippen molar-refractivity contribution < 1.29 is 23.7 Å². The lowest BCUT2D eigenvalue weighted by Crippen LogP contribution is -2.40. The predicted octanol–water partition coefficient (Wildman–Crippen LogP) is 2.93. The van der Waals surface area contributed by atoms with Crippen molar-refractivity contribution >= 4 is 23.4 Å². The van der Waals surface area contributed by atoms with Crippen molar-refractivity contribution in [1.29, 1.82) is 0 Å². The maximum atomic E-state index is 13.7. The van der Waals surface area contributed by atoms with Crippen LogP contribution in [0, 0.1) is 0 Å². The fourth-order valence-electron chi connectivity index (χ4n) is 4.23. The van der Waals surface area contributed by atoms with Crippen molar-refractivity contribution in [2.24, 2.45) is 4.99 Å². The number of esters is 1. The molecule has 3 heterocycles. The maximum absolute atomic E-state index is 13.7. The Morgan fingerprint density at radius 2 is 1.97 bits per heavy atom. The highest BCUT2D eigenvalue weighted by molar-refractivity contribution is 7.07. The summed E-state index contributed by atoms with van der Waals surface area (Å²) in [6.07, 6.45) is 1.79. The van der Waals surface area contributed by atoms with Crippen LogP contribution < -0.4 is 29.1 Å². The number of thiazole rings is 1. The van der Waals surface area contributed by atoms with E-state index in [1.165, 1.54) is 11.3 Å². The number of hydrogen-bond donors (Lipinski definition) is 0. The molecular weight excluding hydrogens is 468 g/mol. The van der Waals surface area contributed by atoms with Crippen LogP contribution in [-0.2, 0) is 9.53 Å². The van der Waals surface area contributed by atoms with E-state index in [0.29, 0.717) is 50.0 Å². The van der Waals surface area contributed by atoms with E-state index in [0.717, 1.165) is 5.56 Å². The lowest BCUT2D eigenvalue weighted by molar-refractivity contribution is -0.139. The molecule has 0 saturated heterocycles. The van der Waals surface area contributed by atoms with Crippen LogP contribution in [0.4, 0.5) is 0 Å². The third-order valence-electron chi connectivity index (χ3n) is 5.72. The maximum Gasteiger partial charge on any atom is 0.338 e. The standard InChI is InChI=1S/C26H24N2O6S/c1-4-31-18-9-7-6-8-17(18)23-22(25(30)32-5-2)15(3)27-26-28(23)24(29)21(35-26)13-16-10-11-19-20(12-16)34-14-33-19/h6-13,23H,4-5,14H2,1-3H3. The first-order valence-electron chi connectivity index (χ1n) is 11.3. The van der Waals surface area contributed by atoms with Gasteiger partial charge in [0.1, 0.15) is 11.8 Å². The molecule has 0 aliphatic carbocycles. The van der Waals surface area contributed by atoms with Gasteiger partial charge in [-0.25, -0.2) is 9.79 Å². The zero-order valence-corrected chi connectivity index (χ0v) is 20.4. The molecule has 0 bridgehead atoms. The highest BCUT2D eigenvalue weighted by Gasteiger charge is 2.35. The van der Waals surface area contributed by atoms with Gasteiger partial charge in [-0.1, -0.05) is 35.6 Å². The summed E-state index contributed by atoms with van der Waals surface area (Å²) in [6, 6.07) is 12.2. The Kier molecular flexibility index (Phi) is 6.17. The minimum atomic E-state index is -0.730. The number of carbonyl (C=O) groups is 1. The Morgan fingerprint density at radius 3 is 2.77 bits per heavy atom. The molecule has 1 aromatic heterocycles. The van der Waals surface area contributed by atoms with Crippen LogP contribution in [-0.4, -0.2) is 30.5 Å². The van der Waals surface area contributed by atoms with E-state index < -0.39 is 12.0 Å². The van der Waals surface area contributed by atoms with Gasteiger partial charge in [0.2, 0.25) is 6.79 Å². The van der Waals surface area contributed by atoms with Gasteiger partial charge in [-0.3, -0.25) is 9.36 Å². The van der Waals surface area contributed by atoms with Gasteiger partial charge in [0, 0.05) is 5.56 Å². The first-order chi connectivity index (χ1) is 17.0. The van der Waals surface area contributed by atoms with Gasteiger partial charge in [0.15, 0.2) is 16.3 Å². The molecule has 3 aromatic rings. The summed E-state index contributed by atoms with van der Waals surface area (Å²) >= 11 is 1.27. The largest absolute Gasteiger partial charge is 0.494 e. The Labute approximate surface area is 205 Å². The first-order valence-corrected chi connectivity index (χ1v) is 12.1. The number of para-hydroxylation sites is 1. The molecule has 180 valence electrons. The molecule has 8 nitrogen and oxygen atoms in total. The number of aromatic nitrogens is 1. The molecule has 0 fully saturated rings. The molecule has 0 amide bonds. The average Bonchev–Trinajstić information content (AvgIpc) is 3.43. The van der Waals surface area contributed by atoms with Crippen molar-refractivity contribution in [3.8, 4) is 17.2 Å². The fraction of sp³-hybridized carbons (Fsp3) is 0.269. The van der Waals surface area contributed by atoms with Gasteiger partial charge >= 0.3 is 5.97 Å². The van der Waals surface area contributed by atoms with Gasteiger partial charge in [-0.15, -0.1) is 0 Å². The Hall–Kier alpha value is -3.85. The van der Waals surface area contributed by atoms with E-state index in [9.17, 15) is 9.59 Å². The Bertz CT molecular complexity index is 1520. The molecule has 0 spiro atoms. The number of hydrogen-bond acceptors (Lipinski definition) is 8. The zero-order chi connectivity index (χ0) is 24.5. The molecule has 35 heavy (non-hydrogen) atoms. The van der Waals surface area contributed by atoms with Crippen LogP contribution in [0.1, 0.15) is 37.9 Å². The third-order valence-corrected chi connectivity index (χ3v) is 6.71. The van der Waals surface area contributed by atoms with Crippen LogP contribution >= 0.6 is 11.3 Å². The molecule has 5 rings (SSSR count). The van der Waals surface area contributed by atoms with Crippen molar-refractivity contribution in [2.45, 2.75) is 26.8 Å². The molecule has 1 atom stereocenters. The molecule has 1 unspecified atom stereocenters. The van der Waals surface area contributed by atoms with E-state index >= 15 is 0 Å². The number of benzene rings is 2. The van der Waals surface area contributed by atoms with Crippen molar-refractivity contribution in [3.63, 3.8) is 0 Å². The second-order valence-corrected chi connectivity index (χ2v) is 8.89. The first kappa shape index (κ1) is 22.9. The average molecular weight is 493 g/mol. The molecule has 9 heteroatoms. The van der Waals surface area contributed by atoms with Crippen molar-refractivity contribution in [3.05, 3.63) is 84.5 Å². The van der Waals surface area contributed by atoms with E-state index in [1.54, 1.807) is 24.5 Å². The number of nitrogens with zero attached hydrogens (tertiary/aromatic N) is 2. The van der Waals surface area contributed by atoms with E-state index in [1.807, 2.05) is 49.4 Å². The van der Waals surface area contributed by atoms with Crippen LogP contribution in [0.15, 0.2) is 63.5 Å². The Balaban J connectivity index is 1.71. The fourth-order valence-corrected chi connectivity index (χ4v) is 5.28. The minimum Gasteiger partial charge on any atom is -0.494 e. The van der Waals surface area contributed by atoms with Crippen molar-refractivity contribution in [1.82, 2.24) is 4.57 Å². The van der Waals surface area contributed by atoms with Crippen LogP contribution in [0.25, 0.3) is 6.08 Å². The number of carbonyl (C=O) groups excluding carboxylic acids is 1. The highest BCUT2D eigenvalue weighted by atomic mass is 32.1. The topological polar surface area (TPSA) is 88.4 Å².